The smallest absolute Gasteiger partial charge is 0.253 e. The topological polar surface area (TPSA) is 32.3 Å². The lowest BCUT2D eigenvalue weighted by atomic mass is 9.99. The molecule has 3 aromatic carbocycles. The minimum Gasteiger partial charge on any atom is -0.338 e. The van der Waals surface area contributed by atoms with Gasteiger partial charge in [-0.25, -0.2) is 0 Å². The zero-order valence-corrected chi connectivity index (χ0v) is 15.8. The molecule has 3 aromatic rings. The standard InChI is InChI=1S/C24H26N2O/c1-18(22-13-7-11-20-8-5-6-12-23(20)22)25-16-19-14-15-26(17-19)24(27)21-9-3-2-4-10-21/h2-13,18-19,25H,14-17H2,1H3/t18-,19?/m1/s1. The molecule has 4 rings (SSSR count). The second-order valence-electron chi connectivity index (χ2n) is 7.47. The molecule has 1 aliphatic rings. The predicted octanol–water partition coefficient (Wildman–Crippen LogP) is 4.65. The molecule has 0 radical (unpaired) electrons. The number of likely N-dealkylation sites (tertiary alicyclic amines) is 1. The van der Waals surface area contributed by atoms with E-state index in [0.717, 1.165) is 31.6 Å². The number of carbonyl (C=O) groups is 1. The van der Waals surface area contributed by atoms with Gasteiger partial charge < -0.3 is 10.2 Å². The molecule has 2 atom stereocenters. The molecule has 1 amide bonds. The number of hydrogen-bond donors (Lipinski definition) is 1. The van der Waals surface area contributed by atoms with E-state index in [1.54, 1.807) is 0 Å². The average Bonchev–Trinajstić information content (AvgIpc) is 3.20. The van der Waals surface area contributed by atoms with Crippen LogP contribution in [0.4, 0.5) is 0 Å². The molecule has 3 nitrogen and oxygen atoms in total. The van der Waals surface area contributed by atoms with E-state index < -0.39 is 0 Å². The van der Waals surface area contributed by atoms with Crippen molar-refractivity contribution < 1.29 is 4.79 Å². The van der Waals surface area contributed by atoms with Crippen LogP contribution in [0.15, 0.2) is 72.8 Å². The van der Waals surface area contributed by atoms with E-state index in [1.807, 2.05) is 35.2 Å². The van der Waals surface area contributed by atoms with Gasteiger partial charge in [-0.2, -0.15) is 0 Å². The molecule has 0 spiro atoms. The summed E-state index contributed by atoms with van der Waals surface area (Å²) >= 11 is 0. The zero-order chi connectivity index (χ0) is 18.6. The van der Waals surface area contributed by atoms with Gasteiger partial charge in [-0.15, -0.1) is 0 Å². The van der Waals surface area contributed by atoms with E-state index in [4.69, 9.17) is 0 Å². The van der Waals surface area contributed by atoms with Crippen LogP contribution < -0.4 is 5.32 Å². The first kappa shape index (κ1) is 17.7. The maximum Gasteiger partial charge on any atom is 0.253 e. The first-order valence-corrected chi connectivity index (χ1v) is 9.78. The highest BCUT2D eigenvalue weighted by atomic mass is 16.2. The number of rotatable bonds is 5. The van der Waals surface area contributed by atoms with Crippen LogP contribution in [0.2, 0.25) is 0 Å². The molecule has 27 heavy (non-hydrogen) atoms. The van der Waals surface area contributed by atoms with Gasteiger partial charge in [-0.05, 0) is 47.7 Å². The van der Waals surface area contributed by atoms with Gasteiger partial charge in [0, 0.05) is 31.2 Å². The monoisotopic (exact) mass is 358 g/mol. The summed E-state index contributed by atoms with van der Waals surface area (Å²) in [6, 6.07) is 24.9. The number of amides is 1. The van der Waals surface area contributed by atoms with Gasteiger partial charge in [0.1, 0.15) is 0 Å². The quantitative estimate of drug-likeness (QED) is 0.720. The van der Waals surface area contributed by atoms with Crippen LogP contribution in [-0.4, -0.2) is 30.4 Å². The van der Waals surface area contributed by atoms with Crippen molar-refractivity contribution in [1.82, 2.24) is 10.2 Å². The van der Waals surface area contributed by atoms with Crippen molar-refractivity contribution in [3.8, 4) is 0 Å². The number of nitrogens with one attached hydrogen (secondary N) is 1. The number of hydrogen-bond acceptors (Lipinski definition) is 2. The highest BCUT2D eigenvalue weighted by molar-refractivity contribution is 5.94. The van der Waals surface area contributed by atoms with E-state index >= 15 is 0 Å². The van der Waals surface area contributed by atoms with Crippen molar-refractivity contribution in [2.75, 3.05) is 19.6 Å². The molecule has 0 bridgehead atoms. The van der Waals surface area contributed by atoms with Gasteiger partial charge in [0.2, 0.25) is 0 Å². The normalized spacial score (nSPS) is 18.0. The third-order valence-corrected chi connectivity index (χ3v) is 5.60. The van der Waals surface area contributed by atoms with Gasteiger partial charge in [-0.3, -0.25) is 4.79 Å². The Morgan fingerprint density at radius 2 is 1.78 bits per heavy atom. The van der Waals surface area contributed by atoms with Gasteiger partial charge >= 0.3 is 0 Å². The summed E-state index contributed by atoms with van der Waals surface area (Å²) in [6.07, 6.45) is 1.06. The van der Waals surface area contributed by atoms with Crippen LogP contribution in [0, 0.1) is 5.92 Å². The first-order valence-electron chi connectivity index (χ1n) is 9.78. The fourth-order valence-corrected chi connectivity index (χ4v) is 4.03. The fourth-order valence-electron chi connectivity index (χ4n) is 4.03. The molecule has 1 fully saturated rings. The van der Waals surface area contributed by atoms with Crippen LogP contribution in [0.3, 0.4) is 0 Å². The van der Waals surface area contributed by atoms with Crippen LogP contribution in [0.25, 0.3) is 10.8 Å². The number of nitrogens with zero attached hydrogens (tertiary/aromatic N) is 1. The SMILES string of the molecule is C[C@@H](NCC1CCN(C(=O)c2ccccc2)C1)c1cccc2ccccc12. The Hall–Kier alpha value is -2.65. The largest absolute Gasteiger partial charge is 0.338 e. The third kappa shape index (κ3) is 3.88. The van der Waals surface area contributed by atoms with Gasteiger partial charge in [0.05, 0.1) is 0 Å². The summed E-state index contributed by atoms with van der Waals surface area (Å²) < 4.78 is 0. The Balaban J connectivity index is 1.36. The third-order valence-electron chi connectivity index (χ3n) is 5.60. The Labute approximate surface area is 161 Å². The first-order chi connectivity index (χ1) is 13.2. The van der Waals surface area contributed by atoms with Crippen molar-refractivity contribution in [3.05, 3.63) is 83.9 Å². The minimum atomic E-state index is 0.153. The molecule has 1 saturated heterocycles. The summed E-state index contributed by atoms with van der Waals surface area (Å²) in [4.78, 5) is 14.6. The molecule has 0 aliphatic carbocycles. The van der Waals surface area contributed by atoms with Gasteiger partial charge in [0.15, 0.2) is 0 Å². The van der Waals surface area contributed by atoms with E-state index in [2.05, 4.69) is 54.7 Å². The molecule has 1 N–H and O–H groups in total. The van der Waals surface area contributed by atoms with Crippen LogP contribution in [-0.2, 0) is 0 Å². The van der Waals surface area contributed by atoms with Crippen molar-refractivity contribution in [2.24, 2.45) is 5.92 Å². The molecular formula is C24H26N2O. The summed E-state index contributed by atoms with van der Waals surface area (Å²) in [7, 11) is 0. The molecule has 1 aliphatic heterocycles. The maximum atomic E-state index is 12.6. The highest BCUT2D eigenvalue weighted by Gasteiger charge is 2.27. The molecule has 0 saturated carbocycles. The van der Waals surface area contributed by atoms with E-state index in [1.165, 1.54) is 16.3 Å². The van der Waals surface area contributed by atoms with Crippen LogP contribution >= 0.6 is 0 Å². The summed E-state index contributed by atoms with van der Waals surface area (Å²) in [5.74, 6) is 0.662. The number of carbonyl (C=O) groups excluding carboxylic acids is 1. The lowest BCUT2D eigenvalue weighted by Gasteiger charge is -2.20. The molecule has 1 unspecified atom stereocenters. The summed E-state index contributed by atoms with van der Waals surface area (Å²) in [6.45, 7) is 4.85. The summed E-state index contributed by atoms with van der Waals surface area (Å²) in [5.41, 5.74) is 2.12. The second kappa shape index (κ2) is 7.93. The predicted molar refractivity (Wildman–Crippen MR) is 111 cm³/mol. The van der Waals surface area contributed by atoms with Crippen LogP contribution in [0.5, 0.6) is 0 Å². The number of fused-ring (bicyclic) bond motifs is 1. The van der Waals surface area contributed by atoms with Crippen molar-refractivity contribution >= 4 is 16.7 Å². The van der Waals surface area contributed by atoms with E-state index in [-0.39, 0.29) is 11.9 Å². The Kier molecular flexibility index (Phi) is 5.21. The lowest BCUT2D eigenvalue weighted by molar-refractivity contribution is 0.0787. The second-order valence-corrected chi connectivity index (χ2v) is 7.47. The van der Waals surface area contributed by atoms with E-state index in [0.29, 0.717) is 5.92 Å². The van der Waals surface area contributed by atoms with Crippen LogP contribution in [0.1, 0.15) is 35.3 Å². The molecular weight excluding hydrogens is 332 g/mol. The minimum absolute atomic E-state index is 0.153. The van der Waals surface area contributed by atoms with Crippen molar-refractivity contribution in [2.45, 2.75) is 19.4 Å². The maximum absolute atomic E-state index is 12.6. The molecule has 1 heterocycles. The Bertz CT molecular complexity index is 917. The Morgan fingerprint density at radius 3 is 2.63 bits per heavy atom. The average molecular weight is 358 g/mol. The highest BCUT2D eigenvalue weighted by Crippen LogP contribution is 2.25. The van der Waals surface area contributed by atoms with Gasteiger partial charge in [-0.1, -0.05) is 60.7 Å². The Morgan fingerprint density at radius 1 is 1.04 bits per heavy atom. The molecule has 3 heteroatoms. The van der Waals surface area contributed by atoms with E-state index in [9.17, 15) is 4.79 Å². The fraction of sp³-hybridized carbons (Fsp3) is 0.292. The van der Waals surface area contributed by atoms with Crippen molar-refractivity contribution in [3.63, 3.8) is 0 Å². The van der Waals surface area contributed by atoms with Crippen molar-refractivity contribution in [1.29, 1.82) is 0 Å². The summed E-state index contributed by atoms with van der Waals surface area (Å²) in [5, 5.41) is 6.29. The zero-order valence-electron chi connectivity index (χ0n) is 15.8. The number of benzene rings is 3. The molecule has 0 aromatic heterocycles. The lowest BCUT2D eigenvalue weighted by Crippen LogP contribution is -2.31. The molecule has 138 valence electrons. The van der Waals surface area contributed by atoms with Gasteiger partial charge in [0.25, 0.3) is 5.91 Å².